The Hall–Kier alpha value is -6.86. The number of nitrogens with one attached hydrogen (secondary N) is 6. The summed E-state index contributed by atoms with van der Waals surface area (Å²) >= 11 is 0. The Bertz CT molecular complexity index is 2060. The lowest BCUT2D eigenvalue weighted by Gasteiger charge is -2.30. The highest BCUT2D eigenvalue weighted by molar-refractivity contribution is 5.94. The molecule has 2 saturated heterocycles. The van der Waals surface area contributed by atoms with Gasteiger partial charge < -0.3 is 54.0 Å². The predicted molar refractivity (Wildman–Crippen MR) is 266 cm³/mol. The maximum atomic E-state index is 13.6. The number of unbranched alkanes of at least 4 members (excludes halogenated alkanes) is 2. The minimum atomic E-state index is -0.906. The second kappa shape index (κ2) is 30.6. The highest BCUT2D eigenvalue weighted by Gasteiger charge is 2.35. The van der Waals surface area contributed by atoms with E-state index in [9.17, 15) is 38.4 Å². The monoisotopic (exact) mass is 973 g/mol. The molecule has 2 heterocycles. The van der Waals surface area contributed by atoms with Gasteiger partial charge in [0, 0.05) is 51.1 Å². The fourth-order valence-electron chi connectivity index (χ4n) is 8.71. The molecule has 0 aromatic heterocycles. The first-order valence-electron chi connectivity index (χ1n) is 24.5. The number of amides is 8. The van der Waals surface area contributed by atoms with Crippen LogP contribution in [0.3, 0.4) is 0 Å². The quantitative estimate of drug-likeness (QED) is 0.0462. The molecule has 6 atom stereocenters. The molecule has 384 valence electrons. The third kappa shape index (κ3) is 21.6. The Kier molecular flexibility index (Phi) is 25.1. The van der Waals surface area contributed by atoms with Crippen molar-refractivity contribution < 1.29 is 38.4 Å². The number of hydrogen-bond acceptors (Lipinski definition) is 10. The zero-order chi connectivity index (χ0) is 51.6. The van der Waals surface area contributed by atoms with Crippen LogP contribution in [0.25, 0.3) is 0 Å². The van der Waals surface area contributed by atoms with Crippen molar-refractivity contribution in [3.8, 4) is 0 Å². The average molecular weight is 973 g/mol. The normalized spacial score (nSPS) is 21.6. The van der Waals surface area contributed by atoms with Crippen molar-refractivity contribution in [1.29, 1.82) is 10.8 Å². The van der Waals surface area contributed by atoms with Gasteiger partial charge in [0.15, 0.2) is 0 Å². The van der Waals surface area contributed by atoms with Crippen molar-refractivity contribution in [2.45, 2.75) is 141 Å². The van der Waals surface area contributed by atoms with Crippen LogP contribution in [0.1, 0.15) is 115 Å². The molecule has 0 radical (unpaired) electrons. The summed E-state index contributed by atoms with van der Waals surface area (Å²) in [5.41, 5.74) is 23.6. The van der Waals surface area contributed by atoms with Crippen LogP contribution in [0.2, 0.25) is 0 Å². The van der Waals surface area contributed by atoms with Gasteiger partial charge in [-0.1, -0.05) is 100 Å². The molecule has 20 nitrogen and oxygen atoms in total. The molecule has 0 bridgehead atoms. The van der Waals surface area contributed by atoms with Crippen molar-refractivity contribution in [3.63, 3.8) is 0 Å². The van der Waals surface area contributed by atoms with Gasteiger partial charge in [-0.15, -0.1) is 0 Å². The fourth-order valence-corrected chi connectivity index (χ4v) is 8.71. The number of benzene rings is 2. The largest absolute Gasteiger partial charge is 0.388 e. The van der Waals surface area contributed by atoms with Gasteiger partial charge in [0.1, 0.15) is 18.1 Å². The molecular weight excluding hydrogens is 897 g/mol. The molecule has 4 rings (SSSR count). The SMILES string of the molecule is CCCC1NC(=O)CC(CCCCC(=N)N)C(=O)N(CC(N)=O)CC(Cc2ccccc2)NC1=O.CCCC1NC(=O)CC(CCCCC(=N)N)CN(CC(N)=O)C(=O)C(Cc2ccccc2)NC1=O. The summed E-state index contributed by atoms with van der Waals surface area (Å²) in [7, 11) is 0. The van der Waals surface area contributed by atoms with Gasteiger partial charge in [-0.3, -0.25) is 49.2 Å². The lowest BCUT2D eigenvalue weighted by atomic mass is 9.95. The molecule has 2 aliphatic rings. The fraction of sp³-hybridized carbons (Fsp3) is 0.560. The van der Waals surface area contributed by atoms with E-state index in [0.717, 1.165) is 11.1 Å². The molecule has 14 N–H and O–H groups in total. The number of carbonyl (C=O) groups excluding carboxylic acids is 8. The smallest absolute Gasteiger partial charge is 0.245 e. The topological polar surface area (TPSA) is 343 Å². The van der Waals surface area contributed by atoms with Crippen molar-refractivity contribution in [1.82, 2.24) is 31.1 Å². The van der Waals surface area contributed by atoms with E-state index in [2.05, 4.69) is 21.3 Å². The number of carbonyl (C=O) groups is 8. The van der Waals surface area contributed by atoms with E-state index in [1.54, 1.807) is 0 Å². The summed E-state index contributed by atoms with van der Waals surface area (Å²) < 4.78 is 0. The Morgan fingerprint density at radius 1 is 0.557 bits per heavy atom. The van der Waals surface area contributed by atoms with Gasteiger partial charge in [0.25, 0.3) is 0 Å². The number of nitrogens with two attached hydrogens (primary N) is 4. The first-order chi connectivity index (χ1) is 33.4. The molecule has 6 unspecified atom stereocenters. The van der Waals surface area contributed by atoms with Crippen molar-refractivity contribution in [2.75, 3.05) is 26.2 Å². The summed E-state index contributed by atoms with van der Waals surface area (Å²) in [4.78, 5) is 105. The van der Waals surface area contributed by atoms with E-state index >= 15 is 0 Å². The van der Waals surface area contributed by atoms with Crippen LogP contribution in [0.5, 0.6) is 0 Å². The summed E-state index contributed by atoms with van der Waals surface area (Å²) in [6.45, 7) is 3.51. The van der Waals surface area contributed by atoms with Gasteiger partial charge in [0.05, 0.1) is 30.8 Å². The summed E-state index contributed by atoms with van der Waals surface area (Å²) in [6, 6.07) is 16.0. The van der Waals surface area contributed by atoms with E-state index in [1.165, 1.54) is 9.80 Å². The molecule has 8 amide bonds. The van der Waals surface area contributed by atoms with Gasteiger partial charge in [-0.2, -0.15) is 0 Å². The molecule has 20 heteroatoms. The van der Waals surface area contributed by atoms with E-state index in [1.807, 2.05) is 74.5 Å². The third-order valence-corrected chi connectivity index (χ3v) is 12.1. The van der Waals surface area contributed by atoms with Crippen LogP contribution in [-0.4, -0.2) is 119 Å². The number of nitrogens with zero attached hydrogens (tertiary/aromatic N) is 2. The molecule has 0 aliphatic carbocycles. The minimum Gasteiger partial charge on any atom is -0.388 e. The zero-order valence-electron chi connectivity index (χ0n) is 40.8. The van der Waals surface area contributed by atoms with Crippen LogP contribution in [0.15, 0.2) is 60.7 Å². The highest BCUT2D eigenvalue weighted by atomic mass is 16.2. The van der Waals surface area contributed by atoms with Crippen LogP contribution in [0, 0.1) is 22.7 Å². The Morgan fingerprint density at radius 3 is 1.53 bits per heavy atom. The zero-order valence-corrected chi connectivity index (χ0v) is 40.8. The molecule has 2 aromatic rings. The Morgan fingerprint density at radius 2 is 1.03 bits per heavy atom. The maximum absolute atomic E-state index is 13.6. The van der Waals surface area contributed by atoms with Crippen LogP contribution >= 0.6 is 0 Å². The first-order valence-corrected chi connectivity index (χ1v) is 24.5. The van der Waals surface area contributed by atoms with Crippen molar-refractivity contribution in [3.05, 3.63) is 71.8 Å². The van der Waals surface area contributed by atoms with Gasteiger partial charge in [-0.25, -0.2) is 0 Å². The number of primary amides is 2. The van der Waals surface area contributed by atoms with E-state index in [-0.39, 0.29) is 86.7 Å². The molecule has 2 fully saturated rings. The predicted octanol–water partition coefficient (Wildman–Crippen LogP) is 1.66. The second-order valence-corrected chi connectivity index (χ2v) is 18.3. The summed E-state index contributed by atoms with van der Waals surface area (Å²) in [6.07, 6.45) is 7.48. The van der Waals surface area contributed by atoms with Crippen LogP contribution in [-0.2, 0) is 51.2 Å². The minimum absolute atomic E-state index is 0.0719. The highest BCUT2D eigenvalue weighted by Crippen LogP contribution is 2.21. The lowest BCUT2D eigenvalue weighted by Crippen LogP contribution is -2.55. The molecular formula is C50H76N12O8. The molecule has 0 spiro atoms. The Labute approximate surface area is 411 Å². The number of hydrogen-bond donors (Lipinski definition) is 10. The van der Waals surface area contributed by atoms with E-state index in [4.69, 9.17) is 33.8 Å². The summed E-state index contributed by atoms with van der Waals surface area (Å²) in [5.74, 6) is -4.21. The van der Waals surface area contributed by atoms with Crippen LogP contribution in [0.4, 0.5) is 0 Å². The Balaban J connectivity index is 0.000000370. The average Bonchev–Trinajstić information content (AvgIpc) is 3.32. The van der Waals surface area contributed by atoms with Gasteiger partial charge in [-0.05, 0) is 62.0 Å². The van der Waals surface area contributed by atoms with E-state index < -0.39 is 53.7 Å². The van der Waals surface area contributed by atoms with Crippen LogP contribution < -0.4 is 44.2 Å². The first kappa shape index (κ1) is 57.5. The van der Waals surface area contributed by atoms with Crippen molar-refractivity contribution >= 4 is 58.9 Å². The standard InChI is InChI=1S/2C25H38N6O4/c1-2-8-20-24(34)29-19(13-17-9-4-3-5-10-17)15-31(16-22(28)32)25(35)18(14-23(33)30-20)11-6-7-12-21(26)27;1-2-8-19-24(34)30-20(13-17-9-4-3-5-10-17)25(35)31(16-22(28)32)15-18(14-23(33)29-19)11-6-7-12-21(26)27/h3-5,9-10,18-20H,2,6-8,11-16H2,1H3,(H3,26,27)(H2,28,32)(H,29,34)(H,30,33);3-5,9-10,18-20H,2,6-8,11-16H2,1H3,(H3,26,27)(H2,28,32)(H,29,33)(H,30,34). The van der Waals surface area contributed by atoms with Gasteiger partial charge in [0.2, 0.25) is 47.3 Å². The number of amidine groups is 2. The second-order valence-electron chi connectivity index (χ2n) is 18.3. The molecule has 2 aliphatic heterocycles. The lowest BCUT2D eigenvalue weighted by molar-refractivity contribution is -0.141. The van der Waals surface area contributed by atoms with E-state index in [0.29, 0.717) is 83.5 Å². The third-order valence-electron chi connectivity index (χ3n) is 12.1. The molecule has 2 aromatic carbocycles. The van der Waals surface area contributed by atoms with Gasteiger partial charge >= 0.3 is 0 Å². The summed E-state index contributed by atoms with van der Waals surface area (Å²) in [5, 5.41) is 26.2. The maximum Gasteiger partial charge on any atom is 0.245 e. The number of rotatable bonds is 22. The molecule has 70 heavy (non-hydrogen) atoms. The van der Waals surface area contributed by atoms with Crippen molar-refractivity contribution in [2.24, 2.45) is 34.8 Å². The molecule has 0 saturated carbocycles.